The molecule has 0 spiro atoms. The summed E-state index contributed by atoms with van der Waals surface area (Å²) in [6, 6.07) is 5.03. The molecule has 0 radical (unpaired) electrons. The minimum absolute atomic E-state index is 0.130. The van der Waals surface area contributed by atoms with Gasteiger partial charge in [0, 0.05) is 36.4 Å². The van der Waals surface area contributed by atoms with Crippen LogP contribution in [0.1, 0.15) is 24.0 Å². The maximum absolute atomic E-state index is 11.1. The molecule has 0 bridgehead atoms. The van der Waals surface area contributed by atoms with Gasteiger partial charge in [0.2, 0.25) is 0 Å². The molecule has 5 nitrogen and oxygen atoms in total. The van der Waals surface area contributed by atoms with Gasteiger partial charge in [-0.3, -0.25) is 14.9 Å². The van der Waals surface area contributed by atoms with Crippen molar-refractivity contribution in [3.8, 4) is 0 Å². The summed E-state index contributed by atoms with van der Waals surface area (Å²) >= 11 is 0. The van der Waals surface area contributed by atoms with Crippen LogP contribution in [0.25, 0.3) is 0 Å². The predicted octanol–water partition coefficient (Wildman–Crippen LogP) is 2.24. The van der Waals surface area contributed by atoms with Gasteiger partial charge in [0.15, 0.2) is 5.78 Å². The Bertz CT molecular complexity index is 535. The Balaban J connectivity index is 2.10. The molecule has 1 N–H and O–H groups in total. The van der Waals surface area contributed by atoms with Crippen LogP contribution in [-0.4, -0.2) is 10.7 Å². The standard InChI is InChI=1S/C13H14N2O3/c1-9-10(3-2-4-13(9)15(17)18)8-14-11-5-6-12(16)7-11/h2-4,7,14H,5-6,8H2,1H3. The van der Waals surface area contributed by atoms with Gasteiger partial charge < -0.3 is 5.32 Å². The first-order chi connectivity index (χ1) is 8.58. The van der Waals surface area contributed by atoms with Crippen molar-refractivity contribution >= 4 is 11.5 Å². The van der Waals surface area contributed by atoms with E-state index < -0.39 is 0 Å². The summed E-state index contributed by atoms with van der Waals surface area (Å²) in [4.78, 5) is 21.5. The fourth-order valence-corrected chi connectivity index (χ4v) is 2.00. The van der Waals surface area contributed by atoms with Crippen LogP contribution >= 0.6 is 0 Å². The molecule has 0 heterocycles. The molecule has 0 atom stereocenters. The van der Waals surface area contributed by atoms with Crippen molar-refractivity contribution in [1.82, 2.24) is 5.32 Å². The molecule has 1 aromatic carbocycles. The van der Waals surface area contributed by atoms with Crippen molar-refractivity contribution in [3.63, 3.8) is 0 Å². The average Bonchev–Trinajstić information content (AvgIpc) is 2.73. The maximum atomic E-state index is 11.1. The van der Waals surface area contributed by atoms with Crippen molar-refractivity contribution in [2.24, 2.45) is 0 Å². The smallest absolute Gasteiger partial charge is 0.272 e. The number of hydrogen-bond donors (Lipinski definition) is 1. The number of carbonyl (C=O) groups excluding carboxylic acids is 1. The lowest BCUT2D eigenvalue weighted by molar-refractivity contribution is -0.385. The molecule has 18 heavy (non-hydrogen) atoms. The SMILES string of the molecule is Cc1c(CNC2=CC(=O)CC2)cccc1[N+](=O)[O-]. The minimum atomic E-state index is -0.378. The van der Waals surface area contributed by atoms with E-state index in [0.717, 1.165) is 17.7 Å². The van der Waals surface area contributed by atoms with Gasteiger partial charge in [-0.25, -0.2) is 0 Å². The van der Waals surface area contributed by atoms with Crippen LogP contribution in [0, 0.1) is 17.0 Å². The average molecular weight is 246 g/mol. The maximum Gasteiger partial charge on any atom is 0.272 e. The largest absolute Gasteiger partial charge is 0.384 e. The van der Waals surface area contributed by atoms with Crippen molar-refractivity contribution < 1.29 is 9.72 Å². The molecule has 0 aromatic heterocycles. The van der Waals surface area contributed by atoms with Gasteiger partial charge in [-0.1, -0.05) is 12.1 Å². The first-order valence-electron chi connectivity index (χ1n) is 5.78. The van der Waals surface area contributed by atoms with E-state index in [1.54, 1.807) is 19.1 Å². The Labute approximate surface area is 105 Å². The van der Waals surface area contributed by atoms with Crippen LogP contribution in [0.3, 0.4) is 0 Å². The third kappa shape index (κ3) is 2.56. The first-order valence-corrected chi connectivity index (χ1v) is 5.78. The summed E-state index contributed by atoms with van der Waals surface area (Å²) in [5.74, 6) is 0.133. The molecule has 2 rings (SSSR count). The lowest BCUT2D eigenvalue weighted by Crippen LogP contribution is -2.12. The van der Waals surface area contributed by atoms with E-state index in [2.05, 4.69) is 5.32 Å². The molecular weight excluding hydrogens is 232 g/mol. The highest BCUT2D eigenvalue weighted by Crippen LogP contribution is 2.21. The third-order valence-electron chi connectivity index (χ3n) is 3.10. The van der Waals surface area contributed by atoms with Crippen LogP contribution < -0.4 is 5.32 Å². The highest BCUT2D eigenvalue weighted by Gasteiger charge is 2.15. The monoisotopic (exact) mass is 246 g/mol. The molecule has 0 aliphatic heterocycles. The Kier molecular flexibility index (Phi) is 3.41. The molecule has 1 aromatic rings. The predicted molar refractivity (Wildman–Crippen MR) is 67.0 cm³/mol. The Morgan fingerprint density at radius 1 is 1.39 bits per heavy atom. The van der Waals surface area contributed by atoms with Crippen molar-refractivity contribution in [1.29, 1.82) is 0 Å². The zero-order valence-corrected chi connectivity index (χ0v) is 10.1. The van der Waals surface area contributed by atoms with E-state index in [1.165, 1.54) is 6.07 Å². The molecule has 0 fully saturated rings. The van der Waals surface area contributed by atoms with Crippen LogP contribution in [0.15, 0.2) is 30.0 Å². The number of benzene rings is 1. The van der Waals surface area contributed by atoms with E-state index in [0.29, 0.717) is 18.5 Å². The van der Waals surface area contributed by atoms with Crippen LogP contribution in [0.2, 0.25) is 0 Å². The van der Waals surface area contributed by atoms with E-state index >= 15 is 0 Å². The van der Waals surface area contributed by atoms with Crippen molar-refractivity contribution in [3.05, 3.63) is 51.2 Å². The van der Waals surface area contributed by atoms with Gasteiger partial charge in [0.05, 0.1) is 4.92 Å². The zero-order chi connectivity index (χ0) is 13.1. The summed E-state index contributed by atoms with van der Waals surface area (Å²) in [5.41, 5.74) is 2.58. The van der Waals surface area contributed by atoms with Crippen molar-refractivity contribution in [2.45, 2.75) is 26.3 Å². The minimum Gasteiger partial charge on any atom is -0.384 e. The van der Waals surface area contributed by atoms with Gasteiger partial charge in [0.1, 0.15) is 0 Å². The number of hydrogen-bond acceptors (Lipinski definition) is 4. The number of nitrogens with zero attached hydrogens (tertiary/aromatic N) is 1. The lowest BCUT2D eigenvalue weighted by Gasteiger charge is -2.09. The third-order valence-corrected chi connectivity index (χ3v) is 3.10. The van der Waals surface area contributed by atoms with Crippen LogP contribution in [0.4, 0.5) is 5.69 Å². The number of nitro groups is 1. The first kappa shape index (κ1) is 12.3. The molecule has 0 saturated carbocycles. The van der Waals surface area contributed by atoms with Gasteiger partial charge in [-0.15, -0.1) is 0 Å². The highest BCUT2D eigenvalue weighted by atomic mass is 16.6. The summed E-state index contributed by atoms with van der Waals surface area (Å²) in [6.45, 7) is 2.25. The molecular formula is C13H14N2O3. The number of ketones is 1. The van der Waals surface area contributed by atoms with Gasteiger partial charge in [0.25, 0.3) is 5.69 Å². The number of allylic oxidation sites excluding steroid dienone is 2. The fraction of sp³-hybridized carbons (Fsp3) is 0.308. The number of nitrogens with one attached hydrogen (secondary N) is 1. The zero-order valence-electron chi connectivity index (χ0n) is 10.1. The highest BCUT2D eigenvalue weighted by molar-refractivity contribution is 5.92. The number of rotatable bonds is 4. The Morgan fingerprint density at radius 3 is 2.78 bits per heavy atom. The normalized spacial score (nSPS) is 14.5. The van der Waals surface area contributed by atoms with Crippen LogP contribution in [-0.2, 0) is 11.3 Å². The van der Waals surface area contributed by atoms with Gasteiger partial charge in [-0.2, -0.15) is 0 Å². The summed E-state index contributed by atoms with van der Waals surface area (Å²) < 4.78 is 0. The second kappa shape index (κ2) is 5.00. The lowest BCUT2D eigenvalue weighted by atomic mass is 10.1. The quantitative estimate of drug-likeness (QED) is 0.653. The molecule has 0 unspecified atom stereocenters. The summed E-state index contributed by atoms with van der Waals surface area (Å²) in [6.07, 6.45) is 2.88. The van der Waals surface area contributed by atoms with Crippen molar-refractivity contribution in [2.75, 3.05) is 0 Å². The Morgan fingerprint density at radius 2 is 2.17 bits per heavy atom. The molecule has 5 heteroatoms. The number of carbonyl (C=O) groups is 1. The summed E-state index contributed by atoms with van der Waals surface area (Å²) in [7, 11) is 0. The molecule has 0 saturated heterocycles. The topological polar surface area (TPSA) is 72.2 Å². The molecule has 1 aliphatic carbocycles. The summed E-state index contributed by atoms with van der Waals surface area (Å²) in [5, 5.41) is 14.0. The van der Waals surface area contributed by atoms with E-state index in [9.17, 15) is 14.9 Å². The molecule has 0 amide bonds. The second-order valence-corrected chi connectivity index (χ2v) is 4.31. The fourth-order valence-electron chi connectivity index (χ4n) is 2.00. The van der Waals surface area contributed by atoms with Gasteiger partial charge in [-0.05, 0) is 18.9 Å². The number of nitro benzene ring substituents is 1. The van der Waals surface area contributed by atoms with E-state index in [-0.39, 0.29) is 16.4 Å². The Hall–Kier alpha value is -2.17. The van der Waals surface area contributed by atoms with Gasteiger partial charge >= 0.3 is 0 Å². The van der Waals surface area contributed by atoms with E-state index in [4.69, 9.17) is 0 Å². The van der Waals surface area contributed by atoms with E-state index in [1.807, 2.05) is 6.07 Å². The van der Waals surface area contributed by atoms with Crippen LogP contribution in [0.5, 0.6) is 0 Å². The molecule has 1 aliphatic rings. The second-order valence-electron chi connectivity index (χ2n) is 4.31. The molecule has 94 valence electrons.